The molecule has 2 aromatic rings. The number of nitrogens with zero attached hydrogens (tertiary/aromatic N) is 3. The second kappa shape index (κ2) is 3.49. The summed E-state index contributed by atoms with van der Waals surface area (Å²) in [6, 6.07) is 1.91. The van der Waals surface area contributed by atoms with Crippen molar-refractivity contribution in [3.8, 4) is 11.4 Å². The lowest BCUT2D eigenvalue weighted by Gasteiger charge is -2.03. The third-order valence-corrected chi connectivity index (χ3v) is 1.94. The van der Waals surface area contributed by atoms with Crippen LogP contribution in [0, 0.1) is 6.92 Å². The van der Waals surface area contributed by atoms with Crippen LogP contribution >= 0.6 is 0 Å². The highest BCUT2D eigenvalue weighted by Crippen LogP contribution is 2.14. The molecule has 72 valence electrons. The fourth-order valence-corrected chi connectivity index (χ4v) is 1.22. The fraction of sp³-hybridized carbons (Fsp3) is 0.200. The first kappa shape index (κ1) is 8.74. The van der Waals surface area contributed by atoms with Gasteiger partial charge in [-0.05, 0) is 6.92 Å². The van der Waals surface area contributed by atoms with Gasteiger partial charge in [-0.1, -0.05) is 0 Å². The monoisotopic (exact) mass is 189 g/mol. The summed E-state index contributed by atoms with van der Waals surface area (Å²) in [4.78, 5) is 8.21. The van der Waals surface area contributed by atoms with Crippen molar-refractivity contribution in [2.24, 2.45) is 0 Å². The zero-order chi connectivity index (χ0) is 9.97. The van der Waals surface area contributed by atoms with Gasteiger partial charge < -0.3 is 9.30 Å². The molecule has 0 saturated carbocycles. The molecule has 0 aliphatic rings. The molecule has 0 radical (unpaired) electrons. The molecule has 0 aromatic carbocycles. The van der Waals surface area contributed by atoms with Crippen LogP contribution in [0.15, 0.2) is 31.0 Å². The Morgan fingerprint density at radius 3 is 2.86 bits per heavy atom. The van der Waals surface area contributed by atoms with Crippen LogP contribution < -0.4 is 4.74 Å². The summed E-state index contributed by atoms with van der Waals surface area (Å²) >= 11 is 0. The number of rotatable bonds is 2. The van der Waals surface area contributed by atoms with Crippen molar-refractivity contribution in [2.75, 3.05) is 7.11 Å². The number of pyridine rings is 1. The molecular weight excluding hydrogens is 178 g/mol. The number of aromatic nitrogens is 3. The van der Waals surface area contributed by atoms with Gasteiger partial charge in [-0.15, -0.1) is 0 Å². The largest absolute Gasteiger partial charge is 0.495 e. The van der Waals surface area contributed by atoms with E-state index in [1.165, 1.54) is 0 Å². The SMILES string of the molecule is COc1cncc(-n2cnc(C)c2)c1. The molecule has 2 rings (SSSR count). The van der Waals surface area contributed by atoms with Gasteiger partial charge in [-0.25, -0.2) is 4.98 Å². The number of ether oxygens (including phenoxy) is 1. The van der Waals surface area contributed by atoms with E-state index in [0.29, 0.717) is 0 Å². The van der Waals surface area contributed by atoms with E-state index in [4.69, 9.17) is 4.74 Å². The van der Waals surface area contributed by atoms with Gasteiger partial charge in [0.2, 0.25) is 0 Å². The predicted octanol–water partition coefficient (Wildman–Crippen LogP) is 1.58. The van der Waals surface area contributed by atoms with Crippen molar-refractivity contribution in [1.29, 1.82) is 0 Å². The molecule has 0 N–H and O–H groups in total. The topological polar surface area (TPSA) is 39.9 Å². The van der Waals surface area contributed by atoms with Gasteiger partial charge in [0, 0.05) is 12.3 Å². The summed E-state index contributed by atoms with van der Waals surface area (Å²) in [5.74, 6) is 0.744. The van der Waals surface area contributed by atoms with Crippen molar-refractivity contribution in [1.82, 2.24) is 14.5 Å². The predicted molar refractivity (Wildman–Crippen MR) is 52.6 cm³/mol. The summed E-state index contributed by atoms with van der Waals surface area (Å²) in [6.45, 7) is 1.95. The number of aryl methyl sites for hydroxylation is 1. The molecule has 0 spiro atoms. The molecule has 0 fully saturated rings. The van der Waals surface area contributed by atoms with E-state index in [-0.39, 0.29) is 0 Å². The van der Waals surface area contributed by atoms with Crippen LogP contribution in [0.5, 0.6) is 5.75 Å². The van der Waals surface area contributed by atoms with Crippen molar-refractivity contribution >= 4 is 0 Å². The van der Waals surface area contributed by atoms with Crippen LogP contribution in [0.2, 0.25) is 0 Å². The Hall–Kier alpha value is -1.84. The summed E-state index contributed by atoms with van der Waals surface area (Å²) in [7, 11) is 1.62. The molecule has 0 unspecified atom stereocenters. The van der Waals surface area contributed by atoms with Gasteiger partial charge in [-0.2, -0.15) is 0 Å². The van der Waals surface area contributed by atoms with Crippen LogP contribution in [0.1, 0.15) is 5.69 Å². The Morgan fingerprint density at radius 1 is 1.36 bits per heavy atom. The van der Waals surface area contributed by atoms with Crippen molar-refractivity contribution in [2.45, 2.75) is 6.92 Å². The maximum absolute atomic E-state index is 5.09. The van der Waals surface area contributed by atoms with E-state index in [0.717, 1.165) is 17.1 Å². The highest BCUT2D eigenvalue weighted by molar-refractivity contribution is 5.35. The Balaban J connectivity index is 2.41. The lowest BCUT2D eigenvalue weighted by molar-refractivity contribution is 0.412. The molecule has 0 aliphatic heterocycles. The minimum absolute atomic E-state index is 0.744. The van der Waals surface area contributed by atoms with Gasteiger partial charge in [-0.3, -0.25) is 4.98 Å². The second-order valence-corrected chi connectivity index (χ2v) is 3.01. The third-order valence-electron chi connectivity index (χ3n) is 1.94. The van der Waals surface area contributed by atoms with E-state index in [1.54, 1.807) is 25.8 Å². The Bertz CT molecular complexity index is 436. The smallest absolute Gasteiger partial charge is 0.139 e. The lowest BCUT2D eigenvalue weighted by atomic mass is 10.4. The van der Waals surface area contributed by atoms with E-state index in [1.807, 2.05) is 23.8 Å². The molecule has 14 heavy (non-hydrogen) atoms. The van der Waals surface area contributed by atoms with Crippen LogP contribution in [0.3, 0.4) is 0 Å². The van der Waals surface area contributed by atoms with Crippen molar-refractivity contribution < 1.29 is 4.74 Å². The molecule has 0 saturated heterocycles. The average Bonchev–Trinajstić information content (AvgIpc) is 2.65. The van der Waals surface area contributed by atoms with E-state index in [9.17, 15) is 0 Å². The Morgan fingerprint density at radius 2 is 2.21 bits per heavy atom. The highest BCUT2D eigenvalue weighted by Gasteiger charge is 1.99. The standard InChI is InChI=1S/C10H11N3O/c1-8-6-13(7-12-8)9-3-10(14-2)5-11-4-9/h3-7H,1-2H3. The number of hydrogen-bond acceptors (Lipinski definition) is 3. The second-order valence-electron chi connectivity index (χ2n) is 3.01. The van der Waals surface area contributed by atoms with Crippen LogP contribution in [-0.4, -0.2) is 21.6 Å². The van der Waals surface area contributed by atoms with Crippen LogP contribution in [0.25, 0.3) is 5.69 Å². The van der Waals surface area contributed by atoms with E-state index in [2.05, 4.69) is 9.97 Å². The maximum Gasteiger partial charge on any atom is 0.139 e. The minimum Gasteiger partial charge on any atom is -0.495 e. The fourth-order valence-electron chi connectivity index (χ4n) is 1.22. The average molecular weight is 189 g/mol. The van der Waals surface area contributed by atoms with Gasteiger partial charge in [0.15, 0.2) is 0 Å². The van der Waals surface area contributed by atoms with Gasteiger partial charge in [0.1, 0.15) is 5.75 Å². The first-order chi connectivity index (χ1) is 6.79. The van der Waals surface area contributed by atoms with Gasteiger partial charge in [0.25, 0.3) is 0 Å². The van der Waals surface area contributed by atoms with Gasteiger partial charge in [0.05, 0.1) is 37.2 Å². The first-order valence-electron chi connectivity index (χ1n) is 4.29. The molecule has 2 heterocycles. The molecule has 4 nitrogen and oxygen atoms in total. The summed E-state index contributed by atoms with van der Waals surface area (Å²) in [5, 5.41) is 0. The molecular formula is C10H11N3O. The molecule has 4 heteroatoms. The Kier molecular flexibility index (Phi) is 2.18. The maximum atomic E-state index is 5.09. The summed E-state index contributed by atoms with van der Waals surface area (Å²) in [6.07, 6.45) is 7.14. The molecule has 0 amide bonds. The summed E-state index contributed by atoms with van der Waals surface area (Å²) in [5.41, 5.74) is 1.93. The molecule has 0 atom stereocenters. The number of imidazole rings is 1. The molecule has 2 aromatic heterocycles. The first-order valence-corrected chi connectivity index (χ1v) is 4.29. The highest BCUT2D eigenvalue weighted by atomic mass is 16.5. The normalized spacial score (nSPS) is 10.1. The number of hydrogen-bond donors (Lipinski definition) is 0. The Labute approximate surface area is 82.2 Å². The number of methoxy groups -OCH3 is 1. The van der Waals surface area contributed by atoms with Crippen LogP contribution in [-0.2, 0) is 0 Å². The summed E-state index contributed by atoms with van der Waals surface area (Å²) < 4.78 is 6.99. The van der Waals surface area contributed by atoms with E-state index >= 15 is 0 Å². The van der Waals surface area contributed by atoms with Crippen molar-refractivity contribution in [3.63, 3.8) is 0 Å². The minimum atomic E-state index is 0.744. The quantitative estimate of drug-likeness (QED) is 0.720. The third kappa shape index (κ3) is 1.59. The van der Waals surface area contributed by atoms with Crippen LogP contribution in [0.4, 0.5) is 0 Å². The zero-order valence-electron chi connectivity index (χ0n) is 8.14. The molecule has 0 bridgehead atoms. The van der Waals surface area contributed by atoms with Gasteiger partial charge >= 0.3 is 0 Å². The molecule has 0 aliphatic carbocycles. The zero-order valence-corrected chi connectivity index (χ0v) is 8.14. The van der Waals surface area contributed by atoms with E-state index < -0.39 is 0 Å². The van der Waals surface area contributed by atoms with Crippen molar-refractivity contribution in [3.05, 3.63) is 36.7 Å². The lowest BCUT2D eigenvalue weighted by Crippen LogP contribution is -1.92.